The van der Waals surface area contributed by atoms with E-state index in [1.54, 1.807) is 7.11 Å². The van der Waals surface area contributed by atoms with E-state index in [4.69, 9.17) is 4.74 Å². The normalized spacial score (nSPS) is 14.3. The summed E-state index contributed by atoms with van der Waals surface area (Å²) in [5, 5.41) is 12.3. The number of carboxylic acid groups (broad SMARTS) is 1. The summed E-state index contributed by atoms with van der Waals surface area (Å²) in [7, 11) is 1.56. The Kier molecular flexibility index (Phi) is 5.93. The fourth-order valence-electron chi connectivity index (χ4n) is 3.29. The van der Waals surface area contributed by atoms with Crippen LogP contribution in [0.2, 0.25) is 0 Å². The Morgan fingerprint density at radius 3 is 2.77 bits per heavy atom. The molecule has 0 saturated heterocycles. The Bertz CT molecular complexity index is 775. The lowest BCUT2D eigenvalue weighted by molar-refractivity contribution is -0.141. The van der Waals surface area contributed by atoms with Crippen molar-refractivity contribution in [2.75, 3.05) is 13.7 Å². The van der Waals surface area contributed by atoms with Gasteiger partial charge < -0.3 is 15.2 Å². The first-order valence-electron chi connectivity index (χ1n) is 8.83. The SMILES string of the molecule is COc1ccccc1CC(CNC(=O)c1cc2c(s1)CCCC2)C(=O)O. The average Bonchev–Trinajstić information content (AvgIpc) is 3.09. The Labute approximate surface area is 157 Å². The second-order valence-electron chi connectivity index (χ2n) is 6.53. The molecule has 5 nitrogen and oxygen atoms in total. The number of ether oxygens (including phenoxy) is 1. The third-order valence-corrected chi connectivity index (χ3v) is 5.97. The van der Waals surface area contributed by atoms with Gasteiger partial charge in [-0.15, -0.1) is 11.3 Å². The molecule has 1 amide bonds. The van der Waals surface area contributed by atoms with Gasteiger partial charge in [-0.05, 0) is 55.4 Å². The van der Waals surface area contributed by atoms with Gasteiger partial charge in [-0.3, -0.25) is 9.59 Å². The summed E-state index contributed by atoms with van der Waals surface area (Å²) in [6.07, 6.45) is 4.73. The number of aliphatic carboxylic acids is 1. The van der Waals surface area contributed by atoms with Crippen LogP contribution in [0.15, 0.2) is 30.3 Å². The number of carboxylic acids is 1. The number of thiophene rings is 1. The third-order valence-electron chi connectivity index (χ3n) is 4.74. The van der Waals surface area contributed by atoms with Gasteiger partial charge in [0.1, 0.15) is 5.75 Å². The molecule has 1 aliphatic rings. The van der Waals surface area contributed by atoms with E-state index in [-0.39, 0.29) is 12.5 Å². The number of fused-ring (bicyclic) bond motifs is 1. The molecule has 1 aromatic carbocycles. The van der Waals surface area contributed by atoms with Crippen molar-refractivity contribution in [2.24, 2.45) is 5.92 Å². The summed E-state index contributed by atoms with van der Waals surface area (Å²) < 4.78 is 5.29. The molecule has 1 aliphatic carbocycles. The van der Waals surface area contributed by atoms with E-state index in [0.29, 0.717) is 17.0 Å². The van der Waals surface area contributed by atoms with Crippen molar-refractivity contribution >= 4 is 23.2 Å². The van der Waals surface area contributed by atoms with Gasteiger partial charge in [0.25, 0.3) is 5.91 Å². The third kappa shape index (κ3) is 4.25. The van der Waals surface area contributed by atoms with Gasteiger partial charge in [0, 0.05) is 11.4 Å². The average molecular weight is 373 g/mol. The van der Waals surface area contributed by atoms with Crippen molar-refractivity contribution in [3.05, 3.63) is 51.2 Å². The summed E-state index contributed by atoms with van der Waals surface area (Å²) in [6, 6.07) is 9.32. The molecule has 1 unspecified atom stereocenters. The molecule has 6 heteroatoms. The maximum absolute atomic E-state index is 12.4. The van der Waals surface area contributed by atoms with Crippen LogP contribution >= 0.6 is 11.3 Å². The molecule has 1 heterocycles. The highest BCUT2D eigenvalue weighted by atomic mass is 32.1. The molecule has 1 atom stereocenters. The highest BCUT2D eigenvalue weighted by Gasteiger charge is 2.22. The molecule has 0 fully saturated rings. The van der Waals surface area contributed by atoms with E-state index in [9.17, 15) is 14.7 Å². The molecule has 0 radical (unpaired) electrons. The van der Waals surface area contributed by atoms with E-state index in [1.165, 1.54) is 34.6 Å². The monoisotopic (exact) mass is 373 g/mol. The number of nitrogens with one attached hydrogen (secondary N) is 1. The number of para-hydroxylation sites is 1. The summed E-state index contributed by atoms with van der Waals surface area (Å²) in [6.45, 7) is 0.0920. The first kappa shape index (κ1) is 18.5. The van der Waals surface area contributed by atoms with Gasteiger partial charge in [-0.25, -0.2) is 0 Å². The highest BCUT2D eigenvalue weighted by Crippen LogP contribution is 2.29. The summed E-state index contributed by atoms with van der Waals surface area (Å²) in [5.41, 5.74) is 2.10. The molecule has 1 aromatic heterocycles. The maximum atomic E-state index is 12.4. The lowest BCUT2D eigenvalue weighted by Crippen LogP contribution is -2.33. The minimum absolute atomic E-state index is 0.0920. The van der Waals surface area contributed by atoms with Crippen molar-refractivity contribution in [3.63, 3.8) is 0 Å². The van der Waals surface area contributed by atoms with Crippen LogP contribution in [-0.2, 0) is 24.1 Å². The van der Waals surface area contributed by atoms with Crippen LogP contribution in [0.4, 0.5) is 0 Å². The van der Waals surface area contributed by atoms with Crippen LogP contribution in [0, 0.1) is 5.92 Å². The zero-order valence-electron chi connectivity index (χ0n) is 14.8. The molecular weight excluding hydrogens is 350 g/mol. The minimum atomic E-state index is -0.929. The second kappa shape index (κ2) is 8.36. The van der Waals surface area contributed by atoms with Gasteiger partial charge in [0.05, 0.1) is 17.9 Å². The van der Waals surface area contributed by atoms with Crippen LogP contribution in [0.3, 0.4) is 0 Å². The largest absolute Gasteiger partial charge is 0.496 e. The predicted molar refractivity (Wildman–Crippen MR) is 101 cm³/mol. The van der Waals surface area contributed by atoms with E-state index in [1.807, 2.05) is 30.3 Å². The van der Waals surface area contributed by atoms with Crippen LogP contribution < -0.4 is 10.1 Å². The number of amides is 1. The molecule has 2 N–H and O–H groups in total. The Balaban J connectivity index is 1.64. The molecule has 0 saturated carbocycles. The topological polar surface area (TPSA) is 75.6 Å². The Morgan fingerprint density at radius 2 is 2.04 bits per heavy atom. The summed E-state index contributed by atoms with van der Waals surface area (Å²) >= 11 is 1.53. The number of aryl methyl sites for hydroxylation is 2. The van der Waals surface area contributed by atoms with Crippen molar-refractivity contribution in [2.45, 2.75) is 32.1 Å². The number of methoxy groups -OCH3 is 1. The number of hydrogen-bond donors (Lipinski definition) is 2. The van der Waals surface area contributed by atoms with Crippen LogP contribution in [0.5, 0.6) is 5.75 Å². The molecule has 26 heavy (non-hydrogen) atoms. The van der Waals surface area contributed by atoms with E-state index >= 15 is 0 Å². The molecule has 0 bridgehead atoms. The summed E-state index contributed by atoms with van der Waals surface area (Å²) in [4.78, 5) is 26.0. The minimum Gasteiger partial charge on any atom is -0.496 e. The Morgan fingerprint density at radius 1 is 1.27 bits per heavy atom. The molecular formula is C20H23NO4S. The molecule has 2 aromatic rings. The molecule has 0 aliphatic heterocycles. The van der Waals surface area contributed by atoms with Gasteiger partial charge in [0.2, 0.25) is 0 Å². The van der Waals surface area contributed by atoms with Crippen molar-refractivity contribution in [1.29, 1.82) is 0 Å². The van der Waals surface area contributed by atoms with Crippen molar-refractivity contribution < 1.29 is 19.4 Å². The van der Waals surface area contributed by atoms with Crippen molar-refractivity contribution in [3.8, 4) is 5.75 Å². The lowest BCUT2D eigenvalue weighted by atomic mass is 9.98. The molecule has 0 spiro atoms. The second-order valence-corrected chi connectivity index (χ2v) is 7.66. The first-order chi connectivity index (χ1) is 12.6. The number of carbonyl (C=O) groups is 2. The predicted octanol–water partition coefficient (Wildman–Crippen LogP) is 3.31. The van der Waals surface area contributed by atoms with E-state index in [0.717, 1.165) is 18.4 Å². The number of carbonyl (C=O) groups excluding carboxylic acids is 1. The smallest absolute Gasteiger partial charge is 0.308 e. The van der Waals surface area contributed by atoms with E-state index in [2.05, 4.69) is 5.32 Å². The fourth-order valence-corrected chi connectivity index (χ4v) is 4.46. The highest BCUT2D eigenvalue weighted by molar-refractivity contribution is 7.14. The standard InChI is InChI=1S/C20H23NO4S/c1-25-16-8-4-2-6-13(16)10-15(20(23)24)12-21-19(22)18-11-14-7-3-5-9-17(14)26-18/h2,4,6,8,11,15H,3,5,7,9-10,12H2,1H3,(H,21,22)(H,23,24). The molecule has 3 rings (SSSR count). The van der Waals surface area contributed by atoms with Gasteiger partial charge >= 0.3 is 5.97 Å². The fraction of sp³-hybridized carbons (Fsp3) is 0.400. The quantitative estimate of drug-likeness (QED) is 0.781. The van der Waals surface area contributed by atoms with Gasteiger partial charge in [0.15, 0.2) is 0 Å². The van der Waals surface area contributed by atoms with E-state index < -0.39 is 11.9 Å². The lowest BCUT2D eigenvalue weighted by Gasteiger charge is -2.15. The van der Waals surface area contributed by atoms with Gasteiger partial charge in [-0.2, -0.15) is 0 Å². The maximum Gasteiger partial charge on any atom is 0.308 e. The van der Waals surface area contributed by atoms with Crippen LogP contribution in [0.1, 0.15) is 38.5 Å². The number of rotatable bonds is 7. The van der Waals surface area contributed by atoms with Crippen LogP contribution in [-0.4, -0.2) is 30.6 Å². The van der Waals surface area contributed by atoms with Crippen molar-refractivity contribution in [1.82, 2.24) is 5.32 Å². The Hall–Kier alpha value is -2.34. The number of benzene rings is 1. The number of hydrogen-bond acceptors (Lipinski definition) is 4. The summed E-state index contributed by atoms with van der Waals surface area (Å²) in [5.74, 6) is -1.15. The van der Waals surface area contributed by atoms with Crippen LogP contribution in [0.25, 0.3) is 0 Å². The zero-order valence-corrected chi connectivity index (χ0v) is 15.6. The zero-order chi connectivity index (χ0) is 18.5. The molecule has 138 valence electrons. The first-order valence-corrected chi connectivity index (χ1v) is 9.64. The van der Waals surface area contributed by atoms with Gasteiger partial charge in [-0.1, -0.05) is 18.2 Å².